The van der Waals surface area contributed by atoms with E-state index in [0.717, 1.165) is 22.8 Å². The lowest BCUT2D eigenvalue weighted by atomic mass is 10.1. The van der Waals surface area contributed by atoms with Crippen LogP contribution in [0.15, 0.2) is 30.5 Å². The molecule has 0 aliphatic rings. The van der Waals surface area contributed by atoms with Crippen molar-refractivity contribution in [1.29, 1.82) is 0 Å². The molecular weight excluding hydrogens is 264 g/mol. The molecular formula is C16H22N4O. The van der Waals surface area contributed by atoms with E-state index < -0.39 is 0 Å². The fraction of sp³-hybridized carbons (Fsp3) is 0.375. The van der Waals surface area contributed by atoms with Crippen molar-refractivity contribution in [3.63, 3.8) is 0 Å². The van der Waals surface area contributed by atoms with Crippen LogP contribution in [0.3, 0.4) is 0 Å². The Hall–Kier alpha value is -2.30. The standard InChI is InChI=1S/C16H22N4O/c1-11-10-17-16(18-11)12(2)19-15(21)9-13-5-7-14(8-6-13)20(3)4/h5-8,10,12H,9H2,1-4H3,(H,17,18)(H,19,21)/t12-/m0/s1. The molecule has 21 heavy (non-hydrogen) atoms. The summed E-state index contributed by atoms with van der Waals surface area (Å²) in [5.41, 5.74) is 3.12. The molecule has 1 aromatic heterocycles. The third-order valence-corrected chi connectivity index (χ3v) is 3.33. The molecule has 0 fully saturated rings. The zero-order valence-corrected chi connectivity index (χ0v) is 13.0. The van der Waals surface area contributed by atoms with Gasteiger partial charge in [0.1, 0.15) is 5.82 Å². The van der Waals surface area contributed by atoms with Gasteiger partial charge in [0.15, 0.2) is 0 Å². The molecule has 0 spiro atoms. The molecule has 1 aromatic carbocycles. The van der Waals surface area contributed by atoms with E-state index in [4.69, 9.17) is 0 Å². The first kappa shape index (κ1) is 15.1. The second-order valence-electron chi connectivity index (χ2n) is 5.48. The lowest BCUT2D eigenvalue weighted by Gasteiger charge is -2.14. The first-order valence-corrected chi connectivity index (χ1v) is 7.03. The van der Waals surface area contributed by atoms with Crippen molar-refractivity contribution in [1.82, 2.24) is 15.3 Å². The quantitative estimate of drug-likeness (QED) is 0.886. The number of carbonyl (C=O) groups excluding carboxylic acids is 1. The third kappa shape index (κ3) is 4.08. The van der Waals surface area contributed by atoms with E-state index in [0.29, 0.717) is 6.42 Å². The van der Waals surface area contributed by atoms with Gasteiger partial charge in [0.05, 0.1) is 12.5 Å². The fourth-order valence-corrected chi connectivity index (χ4v) is 2.11. The van der Waals surface area contributed by atoms with E-state index in [1.54, 1.807) is 6.20 Å². The molecule has 5 heteroatoms. The molecule has 2 N–H and O–H groups in total. The fourth-order valence-electron chi connectivity index (χ4n) is 2.11. The Morgan fingerprint density at radius 1 is 1.33 bits per heavy atom. The molecule has 0 aliphatic heterocycles. The number of hydrogen-bond acceptors (Lipinski definition) is 3. The van der Waals surface area contributed by atoms with Crippen LogP contribution in [0, 0.1) is 6.92 Å². The summed E-state index contributed by atoms with van der Waals surface area (Å²) < 4.78 is 0. The van der Waals surface area contributed by atoms with Gasteiger partial charge in [-0.3, -0.25) is 4.79 Å². The van der Waals surface area contributed by atoms with E-state index in [1.807, 2.05) is 57.1 Å². The third-order valence-electron chi connectivity index (χ3n) is 3.33. The Labute approximate surface area is 125 Å². The minimum Gasteiger partial charge on any atom is -0.378 e. The van der Waals surface area contributed by atoms with Crippen molar-refractivity contribution in [3.05, 3.63) is 47.5 Å². The van der Waals surface area contributed by atoms with Crippen molar-refractivity contribution in [3.8, 4) is 0 Å². The summed E-state index contributed by atoms with van der Waals surface area (Å²) in [6.45, 7) is 3.86. The number of aryl methyl sites for hydroxylation is 1. The number of rotatable bonds is 5. The van der Waals surface area contributed by atoms with Crippen molar-refractivity contribution in [2.24, 2.45) is 0 Å². The summed E-state index contributed by atoms with van der Waals surface area (Å²) in [4.78, 5) is 21.5. The second kappa shape index (κ2) is 6.43. The molecule has 1 heterocycles. The van der Waals surface area contributed by atoms with Crippen LogP contribution in [-0.2, 0) is 11.2 Å². The van der Waals surface area contributed by atoms with Crippen molar-refractivity contribution >= 4 is 11.6 Å². The number of carbonyl (C=O) groups is 1. The topological polar surface area (TPSA) is 61.0 Å². The maximum Gasteiger partial charge on any atom is 0.224 e. The predicted octanol–water partition coefficient (Wildman–Crippen LogP) is 2.20. The van der Waals surface area contributed by atoms with Gasteiger partial charge in [-0.15, -0.1) is 0 Å². The average molecular weight is 286 g/mol. The van der Waals surface area contributed by atoms with E-state index >= 15 is 0 Å². The number of benzene rings is 1. The Kier molecular flexibility index (Phi) is 4.62. The molecule has 1 atom stereocenters. The van der Waals surface area contributed by atoms with Gasteiger partial charge in [-0.2, -0.15) is 0 Å². The smallest absolute Gasteiger partial charge is 0.224 e. The first-order valence-electron chi connectivity index (χ1n) is 7.03. The summed E-state index contributed by atoms with van der Waals surface area (Å²) >= 11 is 0. The maximum absolute atomic E-state index is 12.1. The van der Waals surface area contributed by atoms with E-state index in [-0.39, 0.29) is 11.9 Å². The number of nitrogens with zero attached hydrogens (tertiary/aromatic N) is 2. The van der Waals surface area contributed by atoms with Gasteiger partial charge in [-0.1, -0.05) is 12.1 Å². The molecule has 0 radical (unpaired) electrons. The highest BCUT2D eigenvalue weighted by molar-refractivity contribution is 5.79. The zero-order valence-electron chi connectivity index (χ0n) is 13.0. The van der Waals surface area contributed by atoms with Crippen LogP contribution in [-0.4, -0.2) is 30.0 Å². The number of anilines is 1. The lowest BCUT2D eigenvalue weighted by molar-refractivity contribution is -0.121. The lowest BCUT2D eigenvalue weighted by Crippen LogP contribution is -2.28. The Morgan fingerprint density at radius 2 is 2.00 bits per heavy atom. The number of nitrogens with one attached hydrogen (secondary N) is 2. The van der Waals surface area contributed by atoms with Crippen molar-refractivity contribution < 1.29 is 4.79 Å². The molecule has 0 aliphatic carbocycles. The molecule has 0 saturated heterocycles. The molecule has 112 valence electrons. The molecule has 0 bridgehead atoms. The molecule has 1 amide bonds. The summed E-state index contributed by atoms with van der Waals surface area (Å²) in [5.74, 6) is 0.776. The van der Waals surface area contributed by atoms with Gasteiger partial charge < -0.3 is 15.2 Å². The minimum atomic E-state index is -0.118. The molecule has 5 nitrogen and oxygen atoms in total. The highest BCUT2D eigenvalue weighted by Gasteiger charge is 2.12. The summed E-state index contributed by atoms with van der Waals surface area (Å²) in [6, 6.07) is 7.88. The number of aromatic nitrogens is 2. The Balaban J connectivity index is 1.92. The minimum absolute atomic E-state index is 0.00541. The molecule has 0 unspecified atom stereocenters. The van der Waals surface area contributed by atoms with Gasteiger partial charge in [-0.05, 0) is 31.5 Å². The van der Waals surface area contributed by atoms with Crippen LogP contribution in [0.1, 0.15) is 30.0 Å². The summed E-state index contributed by atoms with van der Waals surface area (Å²) in [5, 5.41) is 2.95. The highest BCUT2D eigenvalue weighted by Crippen LogP contribution is 2.13. The Morgan fingerprint density at radius 3 is 2.52 bits per heavy atom. The van der Waals surface area contributed by atoms with Crippen LogP contribution in [0.5, 0.6) is 0 Å². The van der Waals surface area contributed by atoms with E-state index in [2.05, 4.69) is 15.3 Å². The van der Waals surface area contributed by atoms with Crippen LogP contribution >= 0.6 is 0 Å². The monoisotopic (exact) mass is 286 g/mol. The maximum atomic E-state index is 12.1. The Bertz CT molecular complexity index is 601. The number of imidazole rings is 1. The van der Waals surface area contributed by atoms with Gasteiger partial charge in [0, 0.05) is 31.7 Å². The van der Waals surface area contributed by atoms with Crippen LogP contribution < -0.4 is 10.2 Å². The molecule has 0 saturated carbocycles. The van der Waals surface area contributed by atoms with E-state index in [9.17, 15) is 4.79 Å². The van der Waals surface area contributed by atoms with Gasteiger partial charge in [-0.25, -0.2) is 4.98 Å². The summed E-state index contributed by atoms with van der Waals surface area (Å²) in [7, 11) is 3.99. The zero-order chi connectivity index (χ0) is 15.4. The average Bonchev–Trinajstić information content (AvgIpc) is 2.86. The largest absolute Gasteiger partial charge is 0.378 e. The van der Waals surface area contributed by atoms with Crippen LogP contribution in [0.2, 0.25) is 0 Å². The van der Waals surface area contributed by atoms with Crippen molar-refractivity contribution in [2.45, 2.75) is 26.3 Å². The highest BCUT2D eigenvalue weighted by atomic mass is 16.1. The predicted molar refractivity (Wildman–Crippen MR) is 84.4 cm³/mol. The normalized spacial score (nSPS) is 12.0. The van der Waals surface area contributed by atoms with Gasteiger partial charge in [0.2, 0.25) is 5.91 Å². The molecule has 2 rings (SSSR count). The first-order chi connectivity index (χ1) is 9.95. The number of H-pyrrole nitrogens is 1. The number of hydrogen-bond donors (Lipinski definition) is 2. The van der Waals surface area contributed by atoms with Crippen LogP contribution in [0.4, 0.5) is 5.69 Å². The molecule has 2 aromatic rings. The van der Waals surface area contributed by atoms with E-state index in [1.165, 1.54) is 0 Å². The second-order valence-corrected chi connectivity index (χ2v) is 5.48. The van der Waals surface area contributed by atoms with Gasteiger partial charge >= 0.3 is 0 Å². The van der Waals surface area contributed by atoms with Crippen LogP contribution in [0.25, 0.3) is 0 Å². The SMILES string of the molecule is Cc1cnc([C@H](C)NC(=O)Cc2ccc(N(C)C)cc2)[nH]1. The van der Waals surface area contributed by atoms with Gasteiger partial charge in [0.25, 0.3) is 0 Å². The van der Waals surface area contributed by atoms with Crippen molar-refractivity contribution in [2.75, 3.05) is 19.0 Å². The summed E-state index contributed by atoms with van der Waals surface area (Å²) in [6.07, 6.45) is 2.13. The number of amides is 1. The number of aromatic amines is 1.